The molecule has 0 spiro atoms. The Morgan fingerprint density at radius 3 is 2.80 bits per heavy atom. The van der Waals surface area contributed by atoms with Crippen LogP contribution in [0.15, 0.2) is 41.3 Å². The number of nitrogens with zero attached hydrogens (tertiary/aromatic N) is 1. The minimum absolute atomic E-state index is 0.0643. The number of benzene rings is 2. The monoisotopic (exact) mass is 362 g/mol. The summed E-state index contributed by atoms with van der Waals surface area (Å²) in [4.78, 5) is 11.5. The Hall–Kier alpha value is -2.45. The van der Waals surface area contributed by atoms with E-state index in [9.17, 15) is 22.7 Å². The van der Waals surface area contributed by atoms with Crippen LogP contribution in [0, 0.1) is 5.82 Å². The summed E-state index contributed by atoms with van der Waals surface area (Å²) in [6.07, 6.45) is -0.584. The highest BCUT2D eigenvalue weighted by Gasteiger charge is 2.33. The van der Waals surface area contributed by atoms with E-state index in [4.69, 9.17) is 0 Å². The lowest BCUT2D eigenvalue weighted by molar-refractivity contribution is -0.115. The van der Waals surface area contributed by atoms with Gasteiger partial charge in [0.1, 0.15) is 5.82 Å². The molecular formula is C17H15FN2O4S. The van der Waals surface area contributed by atoms with E-state index < -0.39 is 21.9 Å². The Morgan fingerprint density at radius 1 is 1.20 bits per heavy atom. The number of hydrogen-bond donors (Lipinski definition) is 2. The molecule has 130 valence electrons. The number of sulfonamides is 1. The number of anilines is 2. The number of carbonyl (C=O) groups is 1. The molecule has 8 heteroatoms. The average Bonchev–Trinajstić information content (AvgIpc) is 2.94. The predicted octanol–water partition coefficient (Wildman–Crippen LogP) is 1.95. The van der Waals surface area contributed by atoms with Gasteiger partial charge in [0, 0.05) is 17.8 Å². The van der Waals surface area contributed by atoms with E-state index in [0.29, 0.717) is 11.3 Å². The summed E-state index contributed by atoms with van der Waals surface area (Å²) < 4.78 is 40.8. The molecule has 1 atom stereocenters. The molecule has 0 saturated carbocycles. The highest BCUT2D eigenvalue weighted by molar-refractivity contribution is 7.92. The van der Waals surface area contributed by atoms with Gasteiger partial charge in [-0.1, -0.05) is 0 Å². The van der Waals surface area contributed by atoms with Crippen molar-refractivity contribution in [3.8, 4) is 0 Å². The molecule has 25 heavy (non-hydrogen) atoms. The Labute approximate surface area is 143 Å². The van der Waals surface area contributed by atoms with Crippen molar-refractivity contribution < 1.29 is 22.7 Å². The standard InChI is InChI=1S/C17H15FN2O4S/c18-11-1-4-15-13(9-11)16(21)5-6-20(15)25(23,24)12-2-3-14-10(7-12)8-17(22)19-14/h1-4,7,9,16,21H,5-6,8H2,(H,19,22). The summed E-state index contributed by atoms with van der Waals surface area (Å²) in [5.41, 5.74) is 1.77. The zero-order valence-electron chi connectivity index (χ0n) is 13.1. The minimum atomic E-state index is -3.89. The molecule has 0 radical (unpaired) electrons. The molecule has 2 heterocycles. The Bertz CT molecular complexity index is 990. The maximum Gasteiger partial charge on any atom is 0.264 e. The number of amides is 1. The zero-order chi connectivity index (χ0) is 17.8. The molecule has 4 rings (SSSR count). The van der Waals surface area contributed by atoms with Crippen LogP contribution in [-0.2, 0) is 21.2 Å². The van der Waals surface area contributed by atoms with Crippen LogP contribution in [0.4, 0.5) is 15.8 Å². The van der Waals surface area contributed by atoms with Crippen molar-refractivity contribution in [2.24, 2.45) is 0 Å². The third kappa shape index (κ3) is 2.58. The van der Waals surface area contributed by atoms with Gasteiger partial charge in [-0.2, -0.15) is 0 Å². The van der Waals surface area contributed by atoms with Gasteiger partial charge < -0.3 is 10.4 Å². The van der Waals surface area contributed by atoms with Crippen molar-refractivity contribution in [3.05, 3.63) is 53.3 Å². The van der Waals surface area contributed by atoms with Gasteiger partial charge in [0.2, 0.25) is 5.91 Å². The van der Waals surface area contributed by atoms with Gasteiger partial charge in [0.25, 0.3) is 10.0 Å². The number of carbonyl (C=O) groups excluding carboxylic acids is 1. The number of fused-ring (bicyclic) bond motifs is 2. The van der Waals surface area contributed by atoms with E-state index in [2.05, 4.69) is 5.32 Å². The van der Waals surface area contributed by atoms with Crippen LogP contribution in [0.3, 0.4) is 0 Å². The quantitative estimate of drug-likeness (QED) is 0.855. The number of nitrogens with one attached hydrogen (secondary N) is 1. The summed E-state index contributed by atoms with van der Waals surface area (Å²) in [7, 11) is -3.89. The topological polar surface area (TPSA) is 86.7 Å². The molecule has 0 aliphatic carbocycles. The molecule has 2 aliphatic rings. The number of hydrogen-bond acceptors (Lipinski definition) is 4. The molecule has 1 amide bonds. The first-order chi connectivity index (χ1) is 11.9. The normalized spacial score (nSPS) is 19.4. The second kappa shape index (κ2) is 5.53. The highest BCUT2D eigenvalue weighted by Crippen LogP contribution is 2.38. The lowest BCUT2D eigenvalue weighted by atomic mass is 10.0. The van der Waals surface area contributed by atoms with E-state index in [1.807, 2.05) is 0 Å². The van der Waals surface area contributed by atoms with Crippen LogP contribution in [0.2, 0.25) is 0 Å². The average molecular weight is 362 g/mol. The summed E-state index contributed by atoms with van der Waals surface area (Å²) in [5.74, 6) is -0.703. The van der Waals surface area contributed by atoms with E-state index >= 15 is 0 Å². The summed E-state index contributed by atoms with van der Waals surface area (Å²) in [6, 6.07) is 8.18. The second-order valence-electron chi connectivity index (χ2n) is 6.13. The van der Waals surface area contributed by atoms with Crippen molar-refractivity contribution in [1.29, 1.82) is 0 Å². The van der Waals surface area contributed by atoms with Crippen LogP contribution in [-0.4, -0.2) is 26.0 Å². The second-order valence-corrected chi connectivity index (χ2v) is 7.99. The van der Waals surface area contributed by atoms with Gasteiger partial charge >= 0.3 is 0 Å². The highest BCUT2D eigenvalue weighted by atomic mass is 32.2. The van der Waals surface area contributed by atoms with Crippen LogP contribution < -0.4 is 9.62 Å². The predicted molar refractivity (Wildman–Crippen MR) is 89.3 cm³/mol. The first-order valence-corrected chi connectivity index (χ1v) is 9.23. The molecule has 6 nitrogen and oxygen atoms in total. The van der Waals surface area contributed by atoms with Crippen molar-refractivity contribution in [1.82, 2.24) is 0 Å². The Morgan fingerprint density at radius 2 is 2.00 bits per heavy atom. The summed E-state index contributed by atoms with van der Waals surface area (Å²) >= 11 is 0. The van der Waals surface area contributed by atoms with Crippen molar-refractivity contribution in [2.75, 3.05) is 16.2 Å². The van der Waals surface area contributed by atoms with Gasteiger partial charge in [-0.25, -0.2) is 12.8 Å². The SMILES string of the molecule is O=C1Cc2cc(S(=O)(=O)N3CCC(O)c4cc(F)ccc43)ccc2N1. The zero-order valence-corrected chi connectivity index (χ0v) is 13.9. The van der Waals surface area contributed by atoms with Gasteiger partial charge in [-0.3, -0.25) is 9.10 Å². The third-order valence-electron chi connectivity index (χ3n) is 4.51. The largest absolute Gasteiger partial charge is 0.388 e. The lowest BCUT2D eigenvalue weighted by Gasteiger charge is -2.33. The number of halogens is 1. The number of rotatable bonds is 2. The van der Waals surface area contributed by atoms with Crippen LogP contribution >= 0.6 is 0 Å². The fraction of sp³-hybridized carbons (Fsp3) is 0.235. The molecule has 0 fully saturated rings. The van der Waals surface area contributed by atoms with Crippen molar-refractivity contribution in [2.45, 2.75) is 23.8 Å². The fourth-order valence-corrected chi connectivity index (χ4v) is 4.83. The molecule has 1 unspecified atom stereocenters. The minimum Gasteiger partial charge on any atom is -0.388 e. The molecule has 2 aromatic rings. The Balaban J connectivity index is 1.79. The van der Waals surface area contributed by atoms with E-state index in [1.165, 1.54) is 28.6 Å². The molecule has 0 aromatic heterocycles. The smallest absolute Gasteiger partial charge is 0.264 e. The molecule has 2 aromatic carbocycles. The first-order valence-electron chi connectivity index (χ1n) is 7.79. The maximum absolute atomic E-state index is 13.5. The van der Waals surface area contributed by atoms with Crippen LogP contribution in [0.5, 0.6) is 0 Å². The van der Waals surface area contributed by atoms with Crippen molar-refractivity contribution >= 4 is 27.3 Å². The molecule has 0 bridgehead atoms. The third-order valence-corrected chi connectivity index (χ3v) is 6.32. The molecule has 2 N–H and O–H groups in total. The summed E-state index contributed by atoms with van der Waals surface area (Å²) in [6.45, 7) is 0.0936. The number of aliphatic hydroxyl groups is 1. The van der Waals surface area contributed by atoms with Gasteiger partial charge in [0.15, 0.2) is 0 Å². The first kappa shape index (κ1) is 16.0. The van der Waals surface area contributed by atoms with Gasteiger partial charge in [-0.05, 0) is 48.4 Å². The Kier molecular flexibility index (Phi) is 3.55. The molecular weight excluding hydrogens is 347 g/mol. The number of aliphatic hydroxyl groups excluding tert-OH is 1. The van der Waals surface area contributed by atoms with E-state index in [1.54, 1.807) is 6.07 Å². The fourth-order valence-electron chi connectivity index (χ4n) is 3.28. The van der Waals surface area contributed by atoms with Crippen molar-refractivity contribution in [3.63, 3.8) is 0 Å². The van der Waals surface area contributed by atoms with E-state index in [-0.39, 0.29) is 41.4 Å². The van der Waals surface area contributed by atoms with Gasteiger partial charge in [-0.15, -0.1) is 0 Å². The molecule has 2 aliphatic heterocycles. The maximum atomic E-state index is 13.5. The van der Waals surface area contributed by atoms with E-state index in [0.717, 1.165) is 6.07 Å². The van der Waals surface area contributed by atoms with Gasteiger partial charge in [0.05, 0.1) is 23.1 Å². The summed E-state index contributed by atoms with van der Waals surface area (Å²) in [5, 5.41) is 12.7. The van der Waals surface area contributed by atoms with Crippen LogP contribution in [0.1, 0.15) is 23.7 Å². The lowest BCUT2D eigenvalue weighted by Crippen LogP contribution is -2.36. The van der Waals surface area contributed by atoms with Crippen LogP contribution in [0.25, 0.3) is 0 Å². The molecule has 0 saturated heterocycles.